The highest BCUT2D eigenvalue weighted by Crippen LogP contribution is 2.00. The van der Waals surface area contributed by atoms with Crippen molar-refractivity contribution in [1.82, 2.24) is 9.80 Å². The number of nitrogens with zero attached hydrogens (tertiary/aromatic N) is 2. The third kappa shape index (κ3) is 5.55. The number of aliphatic carboxylic acids is 1. The Morgan fingerprint density at radius 3 is 2.31 bits per heavy atom. The maximum Gasteiger partial charge on any atom is 0.323 e. The van der Waals surface area contributed by atoms with Crippen LogP contribution in [-0.4, -0.2) is 65.3 Å². The Morgan fingerprint density at radius 1 is 1.25 bits per heavy atom. The van der Waals surface area contributed by atoms with Crippen molar-refractivity contribution in [3.8, 4) is 0 Å². The predicted molar refractivity (Wildman–Crippen MR) is 59.2 cm³/mol. The summed E-state index contributed by atoms with van der Waals surface area (Å²) in [7, 11) is 1.44. The second kappa shape index (κ2) is 7.92. The Hall–Kier alpha value is -1.30. The minimum Gasteiger partial charge on any atom is -0.480 e. The highest BCUT2D eigenvalue weighted by atomic mass is 16.4. The molecule has 0 fully saturated rings. The fraction of sp³-hybridized carbons (Fsp3) is 0.800. The first kappa shape index (κ1) is 14.7. The third-order valence-corrected chi connectivity index (χ3v) is 2.12. The normalized spacial score (nSPS) is 9.94. The van der Waals surface area contributed by atoms with Gasteiger partial charge in [-0.05, 0) is 6.42 Å². The molecule has 16 heavy (non-hydrogen) atoms. The van der Waals surface area contributed by atoms with Crippen molar-refractivity contribution in [2.75, 3.05) is 33.3 Å². The summed E-state index contributed by atoms with van der Waals surface area (Å²) < 4.78 is 0. The van der Waals surface area contributed by atoms with Crippen LogP contribution in [0.15, 0.2) is 0 Å². The van der Waals surface area contributed by atoms with Gasteiger partial charge < -0.3 is 20.0 Å². The van der Waals surface area contributed by atoms with Gasteiger partial charge in [0.25, 0.3) is 0 Å². The highest BCUT2D eigenvalue weighted by Gasteiger charge is 2.18. The summed E-state index contributed by atoms with van der Waals surface area (Å²) in [5.41, 5.74) is 0. The SMILES string of the molecule is CCCCN(CCO)C(=O)N(C)CC(=O)O. The van der Waals surface area contributed by atoms with E-state index < -0.39 is 5.97 Å². The third-order valence-electron chi connectivity index (χ3n) is 2.12. The Bertz CT molecular complexity index is 233. The average molecular weight is 232 g/mol. The molecule has 6 nitrogen and oxygen atoms in total. The van der Waals surface area contributed by atoms with Crippen LogP contribution in [0.25, 0.3) is 0 Å². The minimum atomic E-state index is -1.05. The van der Waals surface area contributed by atoms with E-state index in [9.17, 15) is 9.59 Å². The molecule has 0 saturated heterocycles. The largest absolute Gasteiger partial charge is 0.480 e. The molecule has 0 bridgehead atoms. The minimum absolute atomic E-state index is 0.115. The number of urea groups is 1. The van der Waals surface area contributed by atoms with E-state index in [-0.39, 0.29) is 25.7 Å². The van der Waals surface area contributed by atoms with Crippen molar-refractivity contribution in [3.63, 3.8) is 0 Å². The lowest BCUT2D eigenvalue weighted by Gasteiger charge is -2.26. The number of likely N-dealkylation sites (N-methyl/N-ethyl adjacent to an activating group) is 1. The van der Waals surface area contributed by atoms with E-state index in [1.165, 1.54) is 11.9 Å². The van der Waals surface area contributed by atoms with Crippen molar-refractivity contribution >= 4 is 12.0 Å². The van der Waals surface area contributed by atoms with E-state index in [1.54, 1.807) is 0 Å². The van der Waals surface area contributed by atoms with Crippen LogP contribution >= 0.6 is 0 Å². The van der Waals surface area contributed by atoms with E-state index in [0.29, 0.717) is 6.54 Å². The number of aliphatic hydroxyl groups is 1. The van der Waals surface area contributed by atoms with E-state index >= 15 is 0 Å². The average Bonchev–Trinajstić information content (AvgIpc) is 2.22. The number of carboxylic acids is 1. The quantitative estimate of drug-likeness (QED) is 0.658. The summed E-state index contributed by atoms with van der Waals surface area (Å²) in [5.74, 6) is -1.05. The zero-order valence-electron chi connectivity index (χ0n) is 9.85. The van der Waals surface area contributed by atoms with Crippen molar-refractivity contribution in [3.05, 3.63) is 0 Å². The van der Waals surface area contributed by atoms with Gasteiger partial charge in [-0.25, -0.2) is 4.79 Å². The van der Waals surface area contributed by atoms with E-state index in [1.807, 2.05) is 6.92 Å². The first-order chi connectivity index (χ1) is 7.52. The van der Waals surface area contributed by atoms with Gasteiger partial charge in [0.1, 0.15) is 6.54 Å². The molecule has 6 heteroatoms. The lowest BCUT2D eigenvalue weighted by atomic mass is 10.3. The van der Waals surface area contributed by atoms with Crippen LogP contribution in [-0.2, 0) is 4.79 Å². The lowest BCUT2D eigenvalue weighted by molar-refractivity contribution is -0.137. The molecule has 0 aromatic rings. The Balaban J connectivity index is 4.28. The summed E-state index contributed by atoms with van der Waals surface area (Å²) in [4.78, 5) is 24.8. The van der Waals surface area contributed by atoms with Gasteiger partial charge in [-0.1, -0.05) is 13.3 Å². The fourth-order valence-electron chi connectivity index (χ4n) is 1.28. The topological polar surface area (TPSA) is 81.1 Å². The number of unbranched alkanes of at least 4 members (excludes halogenated alkanes) is 1. The summed E-state index contributed by atoms with van der Waals surface area (Å²) in [6, 6.07) is -0.357. The number of carbonyl (C=O) groups excluding carboxylic acids is 1. The van der Waals surface area contributed by atoms with Gasteiger partial charge in [-0.2, -0.15) is 0 Å². The van der Waals surface area contributed by atoms with Crippen LogP contribution in [0, 0.1) is 0 Å². The smallest absolute Gasteiger partial charge is 0.323 e. The molecule has 0 saturated carbocycles. The Morgan fingerprint density at radius 2 is 1.88 bits per heavy atom. The molecule has 0 rings (SSSR count). The van der Waals surface area contributed by atoms with E-state index in [2.05, 4.69) is 0 Å². The Labute approximate surface area is 95.5 Å². The molecule has 2 amide bonds. The van der Waals surface area contributed by atoms with Crippen molar-refractivity contribution in [2.24, 2.45) is 0 Å². The second-order valence-electron chi connectivity index (χ2n) is 3.60. The summed E-state index contributed by atoms with van der Waals surface area (Å²) in [6.45, 7) is 2.34. The number of carboxylic acid groups (broad SMARTS) is 1. The number of rotatable bonds is 7. The zero-order chi connectivity index (χ0) is 12.6. The summed E-state index contributed by atoms with van der Waals surface area (Å²) in [5, 5.41) is 17.4. The molecule has 0 spiro atoms. The molecule has 0 aliphatic rings. The molecular weight excluding hydrogens is 212 g/mol. The van der Waals surface area contributed by atoms with E-state index in [4.69, 9.17) is 10.2 Å². The van der Waals surface area contributed by atoms with Gasteiger partial charge in [-0.15, -0.1) is 0 Å². The van der Waals surface area contributed by atoms with Gasteiger partial charge in [0.15, 0.2) is 0 Å². The molecular formula is C10H20N2O4. The van der Waals surface area contributed by atoms with Gasteiger partial charge in [-0.3, -0.25) is 4.79 Å². The van der Waals surface area contributed by atoms with Gasteiger partial charge in [0.05, 0.1) is 6.61 Å². The lowest BCUT2D eigenvalue weighted by Crippen LogP contribution is -2.44. The number of carbonyl (C=O) groups is 2. The second-order valence-corrected chi connectivity index (χ2v) is 3.60. The summed E-state index contributed by atoms with van der Waals surface area (Å²) >= 11 is 0. The molecule has 94 valence electrons. The predicted octanol–water partition coefficient (Wildman–Crippen LogP) is 0.217. The standard InChI is InChI=1S/C10H20N2O4/c1-3-4-5-12(6-7-13)10(16)11(2)8-9(14)15/h13H,3-8H2,1-2H3,(H,14,15). The number of hydrogen-bond donors (Lipinski definition) is 2. The molecule has 0 aliphatic carbocycles. The van der Waals surface area contributed by atoms with Gasteiger partial charge in [0.2, 0.25) is 0 Å². The number of hydrogen-bond acceptors (Lipinski definition) is 3. The van der Waals surface area contributed by atoms with Gasteiger partial charge in [0, 0.05) is 20.1 Å². The molecule has 0 radical (unpaired) electrons. The molecule has 0 unspecified atom stereocenters. The molecule has 0 atom stereocenters. The first-order valence-electron chi connectivity index (χ1n) is 5.35. The fourth-order valence-corrected chi connectivity index (χ4v) is 1.28. The maximum absolute atomic E-state index is 11.8. The van der Waals surface area contributed by atoms with Crippen molar-refractivity contribution in [2.45, 2.75) is 19.8 Å². The van der Waals surface area contributed by atoms with Crippen LogP contribution in [0.5, 0.6) is 0 Å². The van der Waals surface area contributed by atoms with Crippen molar-refractivity contribution in [1.29, 1.82) is 0 Å². The molecule has 0 aromatic carbocycles. The van der Waals surface area contributed by atoms with Crippen LogP contribution in [0.4, 0.5) is 4.79 Å². The van der Waals surface area contributed by atoms with Gasteiger partial charge >= 0.3 is 12.0 Å². The highest BCUT2D eigenvalue weighted by molar-refractivity contribution is 5.79. The molecule has 0 heterocycles. The molecule has 2 N–H and O–H groups in total. The Kier molecular flexibility index (Phi) is 7.28. The van der Waals surface area contributed by atoms with Crippen LogP contribution in [0.2, 0.25) is 0 Å². The molecule has 0 aliphatic heterocycles. The molecule has 0 aromatic heterocycles. The van der Waals surface area contributed by atoms with Crippen LogP contribution in [0.1, 0.15) is 19.8 Å². The maximum atomic E-state index is 11.8. The number of aliphatic hydroxyl groups excluding tert-OH is 1. The summed E-state index contributed by atoms with van der Waals surface area (Å²) in [6.07, 6.45) is 1.78. The van der Waals surface area contributed by atoms with E-state index in [0.717, 1.165) is 17.7 Å². The van der Waals surface area contributed by atoms with Crippen LogP contribution in [0.3, 0.4) is 0 Å². The van der Waals surface area contributed by atoms with Crippen molar-refractivity contribution < 1.29 is 19.8 Å². The number of amides is 2. The monoisotopic (exact) mass is 232 g/mol. The zero-order valence-corrected chi connectivity index (χ0v) is 9.85. The first-order valence-corrected chi connectivity index (χ1v) is 5.35. The van der Waals surface area contributed by atoms with Crippen LogP contribution < -0.4 is 0 Å².